The molecule has 0 aromatic carbocycles. The molecule has 0 aromatic heterocycles. The summed E-state index contributed by atoms with van der Waals surface area (Å²) in [6.07, 6.45) is -0.989. The van der Waals surface area contributed by atoms with E-state index < -0.39 is 12.7 Å². The van der Waals surface area contributed by atoms with Gasteiger partial charge in [0.05, 0.1) is 0 Å². The van der Waals surface area contributed by atoms with Gasteiger partial charge in [0.2, 0.25) is 0 Å². The molecule has 1 saturated heterocycles. The third-order valence-electron chi connectivity index (χ3n) is 1.86. The Morgan fingerprint density at radius 1 is 1.08 bits per heavy atom. The molecule has 0 aromatic rings. The number of hydrazine groups is 1. The van der Waals surface area contributed by atoms with Gasteiger partial charge in [0.1, 0.15) is 6.54 Å². The summed E-state index contributed by atoms with van der Waals surface area (Å²) in [6, 6.07) is 0. The molecule has 0 radical (unpaired) electrons. The summed E-state index contributed by atoms with van der Waals surface area (Å²) in [7, 11) is 0. The van der Waals surface area contributed by atoms with Crippen molar-refractivity contribution < 1.29 is 13.2 Å². The highest BCUT2D eigenvalue weighted by Gasteiger charge is 2.27. The van der Waals surface area contributed by atoms with E-state index in [4.69, 9.17) is 0 Å². The van der Waals surface area contributed by atoms with Crippen LogP contribution in [-0.4, -0.2) is 30.8 Å². The first-order chi connectivity index (χ1) is 5.58. The van der Waals surface area contributed by atoms with Crippen molar-refractivity contribution in [3.8, 4) is 0 Å². The summed E-state index contributed by atoms with van der Waals surface area (Å²) in [6.45, 7) is 0.555. The number of halogens is 3. The molecule has 2 nitrogen and oxygen atoms in total. The third kappa shape index (κ3) is 3.92. The number of alkyl halides is 3. The monoisotopic (exact) mass is 182 g/mol. The summed E-state index contributed by atoms with van der Waals surface area (Å²) in [5, 5.41) is 1.65. The molecule has 0 unspecified atom stereocenters. The maximum absolute atomic E-state index is 11.7. The Morgan fingerprint density at radius 3 is 2.17 bits per heavy atom. The molecule has 1 fully saturated rings. The van der Waals surface area contributed by atoms with Crippen LogP contribution in [0.5, 0.6) is 0 Å². The van der Waals surface area contributed by atoms with Gasteiger partial charge in [0, 0.05) is 13.1 Å². The van der Waals surface area contributed by atoms with E-state index >= 15 is 0 Å². The molecule has 1 aliphatic rings. The number of hydrogen-bond acceptors (Lipinski definition) is 2. The first kappa shape index (κ1) is 9.80. The Kier molecular flexibility index (Phi) is 3.34. The Labute approximate surface area is 69.7 Å². The molecule has 0 aliphatic carbocycles. The molecule has 0 amide bonds. The van der Waals surface area contributed by atoms with Crippen LogP contribution in [0.25, 0.3) is 0 Å². The van der Waals surface area contributed by atoms with Crippen molar-refractivity contribution in [2.75, 3.05) is 19.6 Å². The van der Waals surface area contributed by atoms with E-state index in [1.807, 2.05) is 0 Å². The lowest BCUT2D eigenvalue weighted by Gasteiger charge is -2.27. The predicted octanol–water partition coefficient (Wildman–Crippen LogP) is 1.54. The maximum Gasteiger partial charge on any atom is 0.402 e. The molecule has 0 spiro atoms. The van der Waals surface area contributed by atoms with Crippen molar-refractivity contribution >= 4 is 0 Å². The fourth-order valence-corrected chi connectivity index (χ4v) is 1.25. The standard InChI is InChI=1S/C7H13F3N2/c8-7(9,10)6-11-12-4-2-1-3-5-12/h11H,1-6H2. The minimum Gasteiger partial charge on any atom is -0.246 e. The van der Waals surface area contributed by atoms with Crippen LogP contribution in [0.1, 0.15) is 19.3 Å². The molecule has 72 valence electrons. The van der Waals surface area contributed by atoms with Crippen molar-refractivity contribution in [1.82, 2.24) is 10.4 Å². The molecule has 1 heterocycles. The maximum atomic E-state index is 11.7. The van der Waals surface area contributed by atoms with Crippen molar-refractivity contribution in [2.45, 2.75) is 25.4 Å². The van der Waals surface area contributed by atoms with Gasteiger partial charge in [0.25, 0.3) is 0 Å². The average molecular weight is 182 g/mol. The quantitative estimate of drug-likeness (QED) is 0.696. The van der Waals surface area contributed by atoms with Gasteiger partial charge in [0.15, 0.2) is 0 Å². The largest absolute Gasteiger partial charge is 0.402 e. The zero-order valence-corrected chi connectivity index (χ0v) is 6.82. The molecule has 0 bridgehead atoms. The lowest BCUT2D eigenvalue weighted by Crippen LogP contribution is -2.45. The average Bonchev–Trinajstić information content (AvgIpc) is 2.02. The van der Waals surface area contributed by atoms with Crippen molar-refractivity contribution in [1.29, 1.82) is 0 Å². The van der Waals surface area contributed by atoms with Gasteiger partial charge in [-0.1, -0.05) is 6.42 Å². The second-order valence-electron chi connectivity index (χ2n) is 3.00. The van der Waals surface area contributed by atoms with Gasteiger partial charge in [-0.2, -0.15) is 13.2 Å². The lowest BCUT2D eigenvalue weighted by atomic mass is 10.2. The molecule has 0 saturated carbocycles. The fraction of sp³-hybridized carbons (Fsp3) is 1.00. The number of piperidine rings is 1. The Bertz CT molecular complexity index is 129. The SMILES string of the molecule is FC(F)(F)CNN1CCCCC1. The van der Waals surface area contributed by atoms with Gasteiger partial charge >= 0.3 is 6.18 Å². The molecule has 1 N–H and O–H groups in total. The van der Waals surface area contributed by atoms with Crippen LogP contribution in [0.4, 0.5) is 13.2 Å². The van der Waals surface area contributed by atoms with Gasteiger partial charge in [-0.25, -0.2) is 10.4 Å². The van der Waals surface area contributed by atoms with E-state index in [0.29, 0.717) is 0 Å². The highest BCUT2D eigenvalue weighted by Crippen LogP contribution is 2.13. The summed E-state index contributed by atoms with van der Waals surface area (Å²) >= 11 is 0. The number of hydrogen-bond donors (Lipinski definition) is 1. The van der Waals surface area contributed by atoms with E-state index in [0.717, 1.165) is 32.4 Å². The zero-order chi connectivity index (χ0) is 9.03. The summed E-state index contributed by atoms with van der Waals surface area (Å²) in [5.41, 5.74) is 2.37. The Hall–Kier alpha value is -0.290. The molecule has 5 heteroatoms. The predicted molar refractivity (Wildman–Crippen MR) is 39.5 cm³/mol. The van der Waals surface area contributed by atoms with Crippen LogP contribution in [0.15, 0.2) is 0 Å². The van der Waals surface area contributed by atoms with Gasteiger partial charge in [-0.05, 0) is 12.8 Å². The second kappa shape index (κ2) is 4.09. The molecule has 0 atom stereocenters. The third-order valence-corrected chi connectivity index (χ3v) is 1.86. The molecule has 12 heavy (non-hydrogen) atoms. The number of nitrogens with zero attached hydrogens (tertiary/aromatic N) is 1. The first-order valence-corrected chi connectivity index (χ1v) is 4.13. The van der Waals surface area contributed by atoms with Gasteiger partial charge in [-0.15, -0.1) is 0 Å². The zero-order valence-electron chi connectivity index (χ0n) is 6.82. The Morgan fingerprint density at radius 2 is 1.67 bits per heavy atom. The fourth-order valence-electron chi connectivity index (χ4n) is 1.25. The molecular weight excluding hydrogens is 169 g/mol. The van der Waals surface area contributed by atoms with Crippen molar-refractivity contribution in [3.63, 3.8) is 0 Å². The molecule has 1 aliphatic heterocycles. The normalized spacial score (nSPS) is 21.2. The van der Waals surface area contributed by atoms with Crippen LogP contribution < -0.4 is 5.43 Å². The molecule has 1 rings (SSSR count). The van der Waals surface area contributed by atoms with Crippen LogP contribution >= 0.6 is 0 Å². The van der Waals surface area contributed by atoms with Crippen molar-refractivity contribution in [3.05, 3.63) is 0 Å². The van der Waals surface area contributed by atoms with Crippen molar-refractivity contribution in [2.24, 2.45) is 0 Å². The van der Waals surface area contributed by atoms with Crippen LogP contribution in [-0.2, 0) is 0 Å². The van der Waals surface area contributed by atoms with E-state index in [-0.39, 0.29) is 0 Å². The highest BCUT2D eigenvalue weighted by molar-refractivity contribution is 4.62. The van der Waals surface area contributed by atoms with Gasteiger partial charge in [-0.3, -0.25) is 0 Å². The minimum absolute atomic E-state index is 0.732. The van der Waals surface area contributed by atoms with E-state index in [9.17, 15) is 13.2 Å². The minimum atomic E-state index is -4.10. The topological polar surface area (TPSA) is 15.3 Å². The molecular formula is C7H13F3N2. The highest BCUT2D eigenvalue weighted by atomic mass is 19.4. The van der Waals surface area contributed by atoms with E-state index in [1.165, 1.54) is 0 Å². The first-order valence-electron chi connectivity index (χ1n) is 4.13. The number of rotatable bonds is 2. The summed E-state index contributed by atoms with van der Waals surface area (Å²) in [4.78, 5) is 0. The second-order valence-corrected chi connectivity index (χ2v) is 3.00. The number of nitrogens with one attached hydrogen (secondary N) is 1. The van der Waals surface area contributed by atoms with Gasteiger partial charge < -0.3 is 0 Å². The lowest BCUT2D eigenvalue weighted by molar-refractivity contribution is -0.135. The van der Waals surface area contributed by atoms with Crippen LogP contribution in [0, 0.1) is 0 Å². The summed E-state index contributed by atoms with van der Waals surface area (Å²) < 4.78 is 35.2. The van der Waals surface area contributed by atoms with E-state index in [1.54, 1.807) is 5.01 Å². The smallest absolute Gasteiger partial charge is 0.246 e. The van der Waals surface area contributed by atoms with Crippen LogP contribution in [0.3, 0.4) is 0 Å². The Balaban J connectivity index is 2.13. The van der Waals surface area contributed by atoms with Crippen LogP contribution in [0.2, 0.25) is 0 Å². The van der Waals surface area contributed by atoms with E-state index in [2.05, 4.69) is 5.43 Å². The summed E-state index contributed by atoms with van der Waals surface area (Å²) in [5.74, 6) is 0.